The average molecular weight is 260 g/mol. The molecule has 0 rings (SSSR count). The van der Waals surface area contributed by atoms with Crippen LogP contribution in [-0.2, 0) is 19.1 Å². The van der Waals surface area contributed by atoms with E-state index in [4.69, 9.17) is 9.84 Å². The van der Waals surface area contributed by atoms with E-state index in [2.05, 4.69) is 10.6 Å². The Morgan fingerprint density at radius 3 is 2.33 bits per heavy atom. The summed E-state index contributed by atoms with van der Waals surface area (Å²) in [5.74, 6) is -1.82. The highest BCUT2D eigenvalue weighted by atomic mass is 16.5. The minimum absolute atomic E-state index is 0.0673. The van der Waals surface area contributed by atoms with Crippen molar-refractivity contribution in [3.8, 4) is 0 Å². The predicted octanol–water partition coefficient (Wildman–Crippen LogP) is -0.493. The van der Waals surface area contributed by atoms with E-state index in [0.717, 1.165) is 0 Å². The maximum atomic E-state index is 11.8. The van der Waals surface area contributed by atoms with Gasteiger partial charge in [-0.3, -0.25) is 14.4 Å². The summed E-state index contributed by atoms with van der Waals surface area (Å²) >= 11 is 0. The molecule has 0 bridgehead atoms. The zero-order chi connectivity index (χ0) is 14.3. The molecule has 0 fully saturated rings. The average Bonchev–Trinajstić information content (AvgIpc) is 2.14. The zero-order valence-electron chi connectivity index (χ0n) is 11.1. The maximum Gasteiger partial charge on any atom is 0.305 e. The van der Waals surface area contributed by atoms with E-state index >= 15 is 0 Å². The van der Waals surface area contributed by atoms with Crippen molar-refractivity contribution in [3.63, 3.8) is 0 Å². The molecule has 3 N–H and O–H groups in total. The van der Waals surface area contributed by atoms with E-state index in [0.29, 0.717) is 0 Å². The van der Waals surface area contributed by atoms with Crippen LogP contribution in [0.1, 0.15) is 27.2 Å². The molecule has 0 saturated heterocycles. The molecule has 0 aromatic carbocycles. The maximum absolute atomic E-state index is 11.8. The van der Waals surface area contributed by atoms with Crippen molar-refractivity contribution in [2.75, 3.05) is 13.7 Å². The molecule has 0 aromatic heterocycles. The van der Waals surface area contributed by atoms with Crippen LogP contribution in [0.15, 0.2) is 0 Å². The highest BCUT2D eigenvalue weighted by Crippen LogP contribution is 2.10. The number of methoxy groups -OCH3 is 1. The van der Waals surface area contributed by atoms with Gasteiger partial charge < -0.3 is 20.5 Å². The number of amides is 2. The Bertz CT molecular complexity index is 331. The quantitative estimate of drug-likeness (QED) is 0.572. The normalized spacial score (nSPS) is 15.3. The Balaban J connectivity index is 4.62. The van der Waals surface area contributed by atoms with Crippen LogP contribution in [0.2, 0.25) is 0 Å². The third-order valence-corrected chi connectivity index (χ3v) is 2.24. The first-order valence-corrected chi connectivity index (χ1v) is 5.50. The third-order valence-electron chi connectivity index (χ3n) is 2.24. The van der Waals surface area contributed by atoms with Gasteiger partial charge in [0.15, 0.2) is 0 Å². The van der Waals surface area contributed by atoms with Crippen molar-refractivity contribution in [1.82, 2.24) is 10.6 Å². The summed E-state index contributed by atoms with van der Waals surface area (Å²) < 4.78 is 4.90. The van der Waals surface area contributed by atoms with Gasteiger partial charge in [-0.15, -0.1) is 0 Å². The van der Waals surface area contributed by atoms with Gasteiger partial charge in [0.25, 0.3) is 0 Å². The fraction of sp³-hybridized carbons (Fsp3) is 0.727. The van der Waals surface area contributed by atoms with Crippen LogP contribution in [0.5, 0.6) is 0 Å². The van der Waals surface area contributed by atoms with Gasteiger partial charge >= 0.3 is 5.97 Å². The van der Waals surface area contributed by atoms with Crippen LogP contribution < -0.4 is 10.6 Å². The summed E-state index contributed by atoms with van der Waals surface area (Å²) in [6.45, 7) is 4.46. The van der Waals surface area contributed by atoms with E-state index in [-0.39, 0.29) is 18.9 Å². The van der Waals surface area contributed by atoms with Gasteiger partial charge in [0.1, 0.15) is 6.04 Å². The molecule has 0 spiro atoms. The lowest BCUT2D eigenvalue weighted by Crippen LogP contribution is -2.56. The number of nitrogens with one attached hydrogen (secondary N) is 2. The van der Waals surface area contributed by atoms with E-state index in [1.54, 1.807) is 6.92 Å². The molecule has 0 heterocycles. The van der Waals surface area contributed by atoms with E-state index in [9.17, 15) is 14.4 Å². The van der Waals surface area contributed by atoms with Gasteiger partial charge in [0.05, 0.1) is 18.6 Å². The standard InChI is InChI=1S/C11H20N2O5/c1-7(12-8(2)14)10(17)13-11(3,6-18-4)5-9(15)16/h7H,5-6H2,1-4H3,(H,12,14)(H,13,17)(H,15,16). The van der Waals surface area contributed by atoms with Crippen molar-refractivity contribution < 1.29 is 24.2 Å². The molecule has 0 aliphatic rings. The van der Waals surface area contributed by atoms with Crippen molar-refractivity contribution >= 4 is 17.8 Å². The fourth-order valence-corrected chi connectivity index (χ4v) is 1.56. The summed E-state index contributed by atoms with van der Waals surface area (Å²) in [6, 6.07) is -0.729. The van der Waals surface area contributed by atoms with Gasteiger partial charge in [-0.2, -0.15) is 0 Å². The number of rotatable bonds is 7. The number of hydrogen-bond donors (Lipinski definition) is 3. The summed E-state index contributed by atoms with van der Waals surface area (Å²) in [4.78, 5) is 33.3. The molecule has 0 radical (unpaired) electrons. The number of ether oxygens (including phenoxy) is 1. The molecular weight excluding hydrogens is 240 g/mol. The molecule has 0 aliphatic heterocycles. The lowest BCUT2D eigenvalue weighted by Gasteiger charge is -2.29. The lowest BCUT2D eigenvalue weighted by atomic mass is 9.98. The molecular formula is C11H20N2O5. The van der Waals surface area contributed by atoms with Crippen molar-refractivity contribution in [1.29, 1.82) is 0 Å². The second kappa shape index (κ2) is 6.95. The first-order chi connectivity index (χ1) is 8.20. The van der Waals surface area contributed by atoms with Gasteiger partial charge in [-0.05, 0) is 13.8 Å². The van der Waals surface area contributed by atoms with Crippen LogP contribution in [0.25, 0.3) is 0 Å². The third kappa shape index (κ3) is 6.19. The minimum Gasteiger partial charge on any atom is -0.481 e. The van der Waals surface area contributed by atoms with Crippen LogP contribution >= 0.6 is 0 Å². The summed E-state index contributed by atoms with van der Waals surface area (Å²) in [5.41, 5.74) is -1.01. The van der Waals surface area contributed by atoms with E-state index in [1.165, 1.54) is 21.0 Å². The summed E-state index contributed by atoms with van der Waals surface area (Å²) in [6.07, 6.45) is -0.265. The number of carbonyl (C=O) groups excluding carboxylic acids is 2. The van der Waals surface area contributed by atoms with Crippen molar-refractivity contribution in [2.24, 2.45) is 0 Å². The molecule has 0 aliphatic carbocycles. The molecule has 0 aromatic rings. The molecule has 18 heavy (non-hydrogen) atoms. The van der Waals surface area contributed by atoms with E-state index in [1.807, 2.05) is 0 Å². The van der Waals surface area contributed by atoms with Gasteiger partial charge in [-0.25, -0.2) is 0 Å². The van der Waals surface area contributed by atoms with Gasteiger partial charge in [-0.1, -0.05) is 0 Å². The second-order valence-electron chi connectivity index (χ2n) is 4.48. The smallest absolute Gasteiger partial charge is 0.305 e. The molecule has 7 nitrogen and oxygen atoms in total. The largest absolute Gasteiger partial charge is 0.481 e. The van der Waals surface area contributed by atoms with Crippen molar-refractivity contribution in [3.05, 3.63) is 0 Å². The van der Waals surface area contributed by atoms with Crippen molar-refractivity contribution in [2.45, 2.75) is 38.8 Å². The molecule has 2 atom stereocenters. The Kier molecular flexibility index (Phi) is 6.32. The SMILES string of the molecule is COCC(C)(CC(=O)O)NC(=O)C(C)NC(C)=O. The van der Waals surface area contributed by atoms with Crippen LogP contribution in [0, 0.1) is 0 Å². The minimum atomic E-state index is -1.04. The molecule has 2 amide bonds. The Morgan fingerprint density at radius 1 is 1.39 bits per heavy atom. The predicted molar refractivity (Wildman–Crippen MR) is 64.0 cm³/mol. The number of hydrogen-bond acceptors (Lipinski definition) is 4. The van der Waals surface area contributed by atoms with Crippen LogP contribution in [0.3, 0.4) is 0 Å². The van der Waals surface area contributed by atoms with E-state index < -0.39 is 23.5 Å². The monoisotopic (exact) mass is 260 g/mol. The summed E-state index contributed by atoms with van der Waals surface area (Å²) in [7, 11) is 1.42. The highest BCUT2D eigenvalue weighted by molar-refractivity contribution is 5.87. The van der Waals surface area contributed by atoms with Crippen LogP contribution in [-0.4, -0.2) is 48.2 Å². The van der Waals surface area contributed by atoms with Gasteiger partial charge in [0.2, 0.25) is 11.8 Å². The topological polar surface area (TPSA) is 105 Å². The number of carboxylic acids is 1. The number of carboxylic acid groups (broad SMARTS) is 1. The molecule has 0 saturated carbocycles. The fourth-order valence-electron chi connectivity index (χ4n) is 1.56. The second-order valence-corrected chi connectivity index (χ2v) is 4.48. The lowest BCUT2D eigenvalue weighted by molar-refractivity contribution is -0.140. The summed E-state index contributed by atoms with van der Waals surface area (Å²) in [5, 5.41) is 13.8. The van der Waals surface area contributed by atoms with Gasteiger partial charge in [0, 0.05) is 14.0 Å². The Hall–Kier alpha value is -1.63. The first kappa shape index (κ1) is 16.4. The Labute approximate surface area is 106 Å². The first-order valence-electron chi connectivity index (χ1n) is 5.50. The number of aliphatic carboxylic acids is 1. The Morgan fingerprint density at radius 2 is 1.94 bits per heavy atom. The zero-order valence-corrected chi connectivity index (χ0v) is 11.1. The number of carbonyl (C=O) groups is 3. The van der Waals surface area contributed by atoms with Crippen LogP contribution in [0.4, 0.5) is 0 Å². The molecule has 7 heteroatoms. The molecule has 104 valence electrons. The molecule has 2 unspecified atom stereocenters. The highest BCUT2D eigenvalue weighted by Gasteiger charge is 2.31.